The lowest BCUT2D eigenvalue weighted by Gasteiger charge is -2.28. The molecule has 1 aliphatic heterocycles. The van der Waals surface area contributed by atoms with Crippen molar-refractivity contribution in [1.82, 2.24) is 0 Å². The van der Waals surface area contributed by atoms with Crippen LogP contribution in [-0.2, 0) is 33.4 Å². The summed E-state index contributed by atoms with van der Waals surface area (Å²) in [5, 5.41) is 19.2. The maximum Gasteiger partial charge on any atom is 0.348 e. The second kappa shape index (κ2) is 9.09. The van der Waals surface area contributed by atoms with Gasteiger partial charge in [0.2, 0.25) is 11.7 Å². The number of hydrogen-bond donors (Lipinski definition) is 2. The lowest BCUT2D eigenvalue weighted by atomic mass is 9.91. The van der Waals surface area contributed by atoms with Crippen molar-refractivity contribution in [2.45, 2.75) is 31.0 Å². The van der Waals surface area contributed by atoms with Crippen molar-refractivity contribution in [3.05, 3.63) is 29.8 Å². The summed E-state index contributed by atoms with van der Waals surface area (Å²) < 4.78 is 19.5. The van der Waals surface area contributed by atoms with Crippen LogP contribution in [0.4, 0.5) is 0 Å². The van der Waals surface area contributed by atoms with E-state index in [9.17, 15) is 29.4 Å². The molecule has 0 radical (unpaired) electrons. The molecule has 0 spiro atoms. The zero-order chi connectivity index (χ0) is 21.6. The third-order valence-corrected chi connectivity index (χ3v) is 4.29. The van der Waals surface area contributed by atoms with Crippen molar-refractivity contribution in [2.24, 2.45) is 0 Å². The summed E-state index contributed by atoms with van der Waals surface area (Å²) in [6.45, 7) is 0. The topological polar surface area (TPSA) is 146 Å². The van der Waals surface area contributed by atoms with E-state index in [4.69, 9.17) is 14.2 Å². The van der Waals surface area contributed by atoms with E-state index in [0.29, 0.717) is 5.56 Å². The summed E-state index contributed by atoms with van der Waals surface area (Å²) in [6.07, 6.45) is -0.488. The molecule has 0 unspecified atom stereocenters. The Morgan fingerprint density at radius 1 is 1.28 bits per heavy atom. The smallest absolute Gasteiger partial charge is 0.348 e. The van der Waals surface area contributed by atoms with Gasteiger partial charge in [-0.25, -0.2) is 14.4 Å². The number of methoxy groups -OCH3 is 2. The van der Waals surface area contributed by atoms with Crippen LogP contribution >= 0.6 is 0 Å². The summed E-state index contributed by atoms with van der Waals surface area (Å²) in [4.78, 5) is 47.6. The number of cyclic esters (lactones) is 1. The highest BCUT2D eigenvalue weighted by atomic mass is 16.6. The Labute approximate surface area is 165 Å². The van der Waals surface area contributed by atoms with E-state index in [-0.39, 0.29) is 24.3 Å². The zero-order valence-corrected chi connectivity index (χ0v) is 15.7. The van der Waals surface area contributed by atoms with Crippen LogP contribution in [0.1, 0.15) is 24.8 Å². The fourth-order valence-corrected chi connectivity index (χ4v) is 2.75. The van der Waals surface area contributed by atoms with Crippen molar-refractivity contribution in [3.63, 3.8) is 0 Å². The van der Waals surface area contributed by atoms with Crippen LogP contribution < -0.4 is 4.74 Å². The molecule has 1 aliphatic rings. The summed E-state index contributed by atoms with van der Waals surface area (Å²) in [7, 11) is 2.42. The Morgan fingerprint density at radius 3 is 2.62 bits per heavy atom. The van der Waals surface area contributed by atoms with Crippen molar-refractivity contribution < 1.29 is 48.3 Å². The number of phenolic OH excluding ortho intramolecular Hbond substituents is 1. The Hall–Kier alpha value is -3.56. The Balaban J connectivity index is 2.22. The van der Waals surface area contributed by atoms with E-state index >= 15 is 0 Å². The first-order chi connectivity index (χ1) is 13.7. The van der Waals surface area contributed by atoms with Gasteiger partial charge in [-0.1, -0.05) is 6.07 Å². The van der Waals surface area contributed by atoms with Crippen molar-refractivity contribution in [2.75, 3.05) is 14.2 Å². The molecule has 0 saturated carbocycles. The maximum atomic E-state index is 12.3. The van der Waals surface area contributed by atoms with Gasteiger partial charge in [0, 0.05) is 25.3 Å². The molecule has 0 aliphatic carbocycles. The molecule has 10 heteroatoms. The molecule has 1 saturated heterocycles. The second-order valence-electron chi connectivity index (χ2n) is 6.19. The highest BCUT2D eigenvalue weighted by Crippen LogP contribution is 2.31. The van der Waals surface area contributed by atoms with Crippen LogP contribution in [0.25, 0.3) is 6.08 Å². The molecular formula is C19H20O10. The summed E-state index contributed by atoms with van der Waals surface area (Å²) in [5.41, 5.74) is -1.66. The molecule has 0 aromatic heterocycles. The SMILES string of the molecule is COC(=O)[C@@H]1C[C@](OC(=O)C=Cc2ccc(O)c(OC)c2)(C(=O)O)CCC(=O)O1. The minimum Gasteiger partial charge on any atom is -0.504 e. The van der Waals surface area contributed by atoms with Crippen LogP contribution in [0.3, 0.4) is 0 Å². The summed E-state index contributed by atoms with van der Waals surface area (Å²) in [6, 6.07) is 4.31. The third kappa shape index (κ3) is 5.24. The van der Waals surface area contributed by atoms with Crippen LogP contribution in [0, 0.1) is 0 Å². The van der Waals surface area contributed by atoms with E-state index in [1.54, 1.807) is 0 Å². The van der Waals surface area contributed by atoms with Crippen LogP contribution in [0.2, 0.25) is 0 Å². The molecular weight excluding hydrogens is 388 g/mol. The van der Waals surface area contributed by atoms with Crippen molar-refractivity contribution >= 4 is 30.0 Å². The second-order valence-corrected chi connectivity index (χ2v) is 6.19. The summed E-state index contributed by atoms with van der Waals surface area (Å²) in [5.74, 6) is -4.17. The van der Waals surface area contributed by atoms with Gasteiger partial charge in [0.1, 0.15) is 0 Å². The van der Waals surface area contributed by atoms with E-state index in [1.807, 2.05) is 0 Å². The minimum atomic E-state index is -2.14. The number of hydrogen-bond acceptors (Lipinski definition) is 9. The number of benzene rings is 1. The number of phenols is 1. The first-order valence-electron chi connectivity index (χ1n) is 8.49. The first-order valence-corrected chi connectivity index (χ1v) is 8.49. The Kier molecular flexibility index (Phi) is 6.81. The maximum absolute atomic E-state index is 12.3. The van der Waals surface area contributed by atoms with Gasteiger partial charge in [-0.15, -0.1) is 0 Å². The molecule has 10 nitrogen and oxygen atoms in total. The van der Waals surface area contributed by atoms with Gasteiger partial charge in [-0.3, -0.25) is 4.79 Å². The lowest BCUT2D eigenvalue weighted by Crippen LogP contribution is -2.46. The molecule has 156 valence electrons. The Morgan fingerprint density at radius 2 is 2.00 bits per heavy atom. The number of ether oxygens (including phenoxy) is 4. The number of aromatic hydroxyl groups is 1. The quantitative estimate of drug-likeness (QED) is 0.398. The summed E-state index contributed by atoms with van der Waals surface area (Å²) >= 11 is 0. The van der Waals surface area contributed by atoms with Crippen molar-refractivity contribution in [3.8, 4) is 11.5 Å². The molecule has 1 aromatic carbocycles. The van der Waals surface area contributed by atoms with Crippen LogP contribution in [0.15, 0.2) is 24.3 Å². The molecule has 1 aromatic rings. The molecule has 1 heterocycles. The van der Waals surface area contributed by atoms with Gasteiger partial charge in [0.15, 0.2) is 11.5 Å². The first kappa shape index (κ1) is 21.7. The molecule has 2 atom stereocenters. The predicted octanol–water partition coefficient (Wildman–Crippen LogP) is 1.05. The van der Waals surface area contributed by atoms with Gasteiger partial charge in [0.25, 0.3) is 0 Å². The number of carbonyl (C=O) groups is 4. The van der Waals surface area contributed by atoms with Crippen LogP contribution in [0.5, 0.6) is 11.5 Å². The van der Waals surface area contributed by atoms with Gasteiger partial charge in [0.05, 0.1) is 14.2 Å². The van der Waals surface area contributed by atoms with E-state index < -0.39 is 42.0 Å². The lowest BCUT2D eigenvalue weighted by molar-refractivity contribution is -0.182. The monoisotopic (exact) mass is 408 g/mol. The van der Waals surface area contributed by atoms with Gasteiger partial charge >= 0.3 is 23.9 Å². The number of carboxylic acids is 1. The molecule has 0 bridgehead atoms. The Bertz CT molecular complexity index is 843. The normalized spacial score (nSPS) is 21.7. The number of esters is 3. The fraction of sp³-hybridized carbons (Fsp3) is 0.368. The zero-order valence-electron chi connectivity index (χ0n) is 15.7. The number of aliphatic carboxylic acids is 1. The average molecular weight is 408 g/mol. The predicted molar refractivity (Wildman–Crippen MR) is 95.9 cm³/mol. The standard InChI is InChI=1S/C19H20O10/c1-26-13-9-11(3-5-12(13)20)4-6-16(22)29-19(18(24)25)8-7-15(21)28-14(10-19)17(23)27-2/h3-6,9,14,20H,7-8,10H2,1-2H3,(H,24,25)/t14-,19-/m0/s1. The number of rotatable bonds is 6. The average Bonchev–Trinajstić information content (AvgIpc) is 2.86. The highest BCUT2D eigenvalue weighted by molar-refractivity contribution is 5.91. The molecule has 2 N–H and O–H groups in total. The van der Waals surface area contributed by atoms with Crippen LogP contribution in [-0.4, -0.2) is 60.0 Å². The van der Waals surface area contributed by atoms with Gasteiger partial charge < -0.3 is 29.2 Å². The molecule has 2 rings (SSSR count). The minimum absolute atomic E-state index is 0.0889. The third-order valence-electron chi connectivity index (χ3n) is 4.29. The van der Waals surface area contributed by atoms with Gasteiger partial charge in [-0.05, 0) is 23.8 Å². The number of carbonyl (C=O) groups excluding carboxylic acids is 3. The van der Waals surface area contributed by atoms with E-state index in [0.717, 1.165) is 13.2 Å². The molecule has 29 heavy (non-hydrogen) atoms. The molecule has 1 fully saturated rings. The van der Waals surface area contributed by atoms with Crippen molar-refractivity contribution in [1.29, 1.82) is 0 Å². The number of carboxylic acid groups (broad SMARTS) is 1. The fourth-order valence-electron chi connectivity index (χ4n) is 2.75. The molecule has 0 amide bonds. The van der Waals surface area contributed by atoms with E-state index in [1.165, 1.54) is 31.4 Å². The van der Waals surface area contributed by atoms with Gasteiger partial charge in [-0.2, -0.15) is 0 Å². The largest absolute Gasteiger partial charge is 0.504 e. The highest BCUT2D eigenvalue weighted by Gasteiger charge is 2.49. The van der Waals surface area contributed by atoms with E-state index in [2.05, 4.69) is 4.74 Å².